The summed E-state index contributed by atoms with van der Waals surface area (Å²) in [4.78, 5) is 0. The maximum atomic E-state index is 9.67. The third-order valence-corrected chi connectivity index (χ3v) is 2.84. The topological polar surface area (TPSA) is 64.1 Å². The van der Waals surface area contributed by atoms with Crippen LogP contribution in [-0.2, 0) is 0 Å². The van der Waals surface area contributed by atoms with Crippen LogP contribution >= 0.6 is 0 Å². The van der Waals surface area contributed by atoms with E-state index < -0.39 is 0 Å². The predicted molar refractivity (Wildman–Crippen MR) is 50.3 cm³/mol. The van der Waals surface area contributed by atoms with Gasteiger partial charge in [0.25, 0.3) is 0 Å². The van der Waals surface area contributed by atoms with E-state index in [-0.39, 0.29) is 12.1 Å². The summed E-state index contributed by atoms with van der Waals surface area (Å²) in [5.41, 5.74) is 7.36. The number of nitrogens with zero attached hydrogens (tertiary/aromatic N) is 2. The predicted octanol–water partition coefficient (Wildman–Crippen LogP) is 0.860. The van der Waals surface area contributed by atoms with Crippen molar-refractivity contribution in [3.63, 3.8) is 0 Å². The molecule has 0 saturated heterocycles. The highest BCUT2D eigenvalue weighted by Gasteiger charge is 2.28. The monoisotopic (exact) mass is 181 g/mol. The fourth-order valence-corrected chi connectivity index (χ4v) is 1.98. The Morgan fingerprint density at radius 1 is 1.62 bits per heavy atom. The Bertz CT molecular complexity index is 308. The lowest BCUT2D eigenvalue weighted by Gasteiger charge is -2.16. The Hall–Kier alpha value is -1.03. The van der Waals surface area contributed by atoms with Gasteiger partial charge < -0.3 is 10.8 Å². The molecular weight excluding hydrogens is 166 g/mol. The number of aromatic nitrogens is 2. The van der Waals surface area contributed by atoms with Gasteiger partial charge in [0.05, 0.1) is 29.7 Å². The molecular formula is C9H15N3O. The SMILES string of the molecule is Cc1c(N)cnn1C1CCCC1O. The van der Waals surface area contributed by atoms with Gasteiger partial charge in [-0.1, -0.05) is 0 Å². The number of nitrogens with two attached hydrogens (primary N) is 1. The molecule has 0 aromatic carbocycles. The molecule has 1 aromatic heterocycles. The molecule has 1 aliphatic carbocycles. The van der Waals surface area contributed by atoms with Crippen LogP contribution in [0, 0.1) is 6.92 Å². The molecule has 1 saturated carbocycles. The van der Waals surface area contributed by atoms with Crippen LogP contribution in [0.15, 0.2) is 6.20 Å². The summed E-state index contributed by atoms with van der Waals surface area (Å²) < 4.78 is 1.85. The number of rotatable bonds is 1. The molecule has 2 unspecified atom stereocenters. The van der Waals surface area contributed by atoms with Gasteiger partial charge in [0, 0.05) is 0 Å². The van der Waals surface area contributed by atoms with Crippen molar-refractivity contribution in [1.29, 1.82) is 0 Å². The van der Waals surface area contributed by atoms with Crippen molar-refractivity contribution >= 4 is 5.69 Å². The Morgan fingerprint density at radius 3 is 2.85 bits per heavy atom. The molecule has 0 bridgehead atoms. The number of nitrogen functional groups attached to an aromatic ring is 1. The van der Waals surface area contributed by atoms with Crippen LogP contribution in [0.5, 0.6) is 0 Å². The van der Waals surface area contributed by atoms with Crippen molar-refractivity contribution in [2.45, 2.75) is 38.3 Å². The lowest BCUT2D eigenvalue weighted by molar-refractivity contribution is 0.129. The van der Waals surface area contributed by atoms with Crippen LogP contribution < -0.4 is 5.73 Å². The highest BCUT2D eigenvalue weighted by Crippen LogP contribution is 2.31. The normalized spacial score (nSPS) is 28.2. The van der Waals surface area contributed by atoms with Crippen molar-refractivity contribution in [3.8, 4) is 0 Å². The molecule has 1 aromatic rings. The number of anilines is 1. The fourth-order valence-electron chi connectivity index (χ4n) is 1.98. The molecule has 4 nitrogen and oxygen atoms in total. The lowest BCUT2D eigenvalue weighted by Crippen LogP contribution is -2.20. The van der Waals surface area contributed by atoms with Crippen LogP contribution in [0.25, 0.3) is 0 Å². The highest BCUT2D eigenvalue weighted by atomic mass is 16.3. The zero-order valence-corrected chi connectivity index (χ0v) is 7.77. The van der Waals surface area contributed by atoms with E-state index in [0.717, 1.165) is 25.0 Å². The number of aliphatic hydroxyl groups excluding tert-OH is 1. The van der Waals surface area contributed by atoms with E-state index in [2.05, 4.69) is 5.10 Å². The minimum absolute atomic E-state index is 0.136. The summed E-state index contributed by atoms with van der Waals surface area (Å²) in [6.45, 7) is 1.94. The zero-order valence-electron chi connectivity index (χ0n) is 7.77. The molecule has 3 N–H and O–H groups in total. The second-order valence-corrected chi connectivity index (χ2v) is 3.70. The first-order chi connectivity index (χ1) is 6.20. The summed E-state index contributed by atoms with van der Waals surface area (Å²) >= 11 is 0. The summed E-state index contributed by atoms with van der Waals surface area (Å²) in [5, 5.41) is 13.9. The van der Waals surface area contributed by atoms with Crippen LogP contribution in [-0.4, -0.2) is 21.0 Å². The molecule has 0 amide bonds. The van der Waals surface area contributed by atoms with Gasteiger partial charge in [0.1, 0.15) is 0 Å². The number of hydrogen-bond donors (Lipinski definition) is 2. The molecule has 4 heteroatoms. The Morgan fingerprint density at radius 2 is 2.38 bits per heavy atom. The first-order valence-corrected chi connectivity index (χ1v) is 4.68. The largest absolute Gasteiger partial charge is 0.396 e. The molecule has 0 spiro atoms. The standard InChI is InChI=1S/C9H15N3O/c1-6-7(10)5-11-12(6)8-3-2-4-9(8)13/h5,8-9,13H,2-4,10H2,1H3. The van der Waals surface area contributed by atoms with E-state index in [1.54, 1.807) is 6.20 Å². The molecule has 2 atom stereocenters. The van der Waals surface area contributed by atoms with Gasteiger partial charge in [-0.3, -0.25) is 4.68 Å². The Balaban J connectivity index is 2.29. The second-order valence-electron chi connectivity index (χ2n) is 3.70. The van der Waals surface area contributed by atoms with Crippen LogP contribution in [0.3, 0.4) is 0 Å². The van der Waals surface area contributed by atoms with Crippen molar-refractivity contribution in [3.05, 3.63) is 11.9 Å². The lowest BCUT2D eigenvalue weighted by atomic mass is 10.2. The summed E-state index contributed by atoms with van der Waals surface area (Å²) in [6, 6.07) is 0.136. The van der Waals surface area contributed by atoms with E-state index in [4.69, 9.17) is 5.73 Å². The molecule has 2 rings (SSSR count). The minimum atomic E-state index is -0.252. The molecule has 1 fully saturated rings. The van der Waals surface area contributed by atoms with Crippen LogP contribution in [0.1, 0.15) is 31.0 Å². The quantitative estimate of drug-likeness (QED) is 0.675. The minimum Gasteiger partial charge on any atom is -0.396 e. The van der Waals surface area contributed by atoms with Gasteiger partial charge in [-0.05, 0) is 26.2 Å². The van der Waals surface area contributed by atoms with E-state index in [1.165, 1.54) is 0 Å². The van der Waals surface area contributed by atoms with E-state index in [1.807, 2.05) is 11.6 Å². The number of aliphatic hydroxyl groups is 1. The van der Waals surface area contributed by atoms with Crippen molar-refractivity contribution in [1.82, 2.24) is 9.78 Å². The van der Waals surface area contributed by atoms with Crippen molar-refractivity contribution in [2.24, 2.45) is 0 Å². The summed E-state index contributed by atoms with van der Waals surface area (Å²) in [6.07, 6.45) is 4.36. The average Bonchev–Trinajstić information content (AvgIpc) is 2.62. The Labute approximate surface area is 77.4 Å². The molecule has 1 aliphatic rings. The maximum Gasteiger partial charge on any atom is 0.0782 e. The molecule has 13 heavy (non-hydrogen) atoms. The second kappa shape index (κ2) is 3.03. The van der Waals surface area contributed by atoms with E-state index in [9.17, 15) is 5.11 Å². The van der Waals surface area contributed by atoms with Gasteiger partial charge >= 0.3 is 0 Å². The van der Waals surface area contributed by atoms with Gasteiger partial charge in [0.15, 0.2) is 0 Å². The van der Waals surface area contributed by atoms with Crippen molar-refractivity contribution in [2.75, 3.05) is 5.73 Å². The first kappa shape index (κ1) is 8.56. The van der Waals surface area contributed by atoms with Crippen molar-refractivity contribution < 1.29 is 5.11 Å². The average molecular weight is 181 g/mol. The van der Waals surface area contributed by atoms with Gasteiger partial charge in [0.2, 0.25) is 0 Å². The molecule has 1 heterocycles. The van der Waals surface area contributed by atoms with Gasteiger partial charge in [-0.25, -0.2) is 0 Å². The molecule has 0 radical (unpaired) electrons. The zero-order chi connectivity index (χ0) is 9.42. The third-order valence-electron chi connectivity index (χ3n) is 2.84. The van der Waals surface area contributed by atoms with Gasteiger partial charge in [-0.2, -0.15) is 5.10 Å². The molecule has 0 aliphatic heterocycles. The van der Waals surface area contributed by atoms with Gasteiger partial charge in [-0.15, -0.1) is 0 Å². The van der Waals surface area contributed by atoms with E-state index >= 15 is 0 Å². The Kier molecular flexibility index (Phi) is 2.00. The number of hydrogen-bond acceptors (Lipinski definition) is 3. The highest BCUT2D eigenvalue weighted by molar-refractivity contribution is 5.40. The summed E-state index contributed by atoms with van der Waals surface area (Å²) in [5.74, 6) is 0. The summed E-state index contributed by atoms with van der Waals surface area (Å²) in [7, 11) is 0. The maximum absolute atomic E-state index is 9.67. The molecule has 72 valence electrons. The fraction of sp³-hybridized carbons (Fsp3) is 0.667. The van der Waals surface area contributed by atoms with Crippen LogP contribution in [0.4, 0.5) is 5.69 Å². The third kappa shape index (κ3) is 1.31. The smallest absolute Gasteiger partial charge is 0.0782 e. The van der Waals surface area contributed by atoms with Crippen LogP contribution in [0.2, 0.25) is 0 Å². The van der Waals surface area contributed by atoms with E-state index in [0.29, 0.717) is 5.69 Å². The first-order valence-electron chi connectivity index (χ1n) is 4.68.